The SMILES string of the molecule is COc1ccc2c(c1)c(-c1cc3c4c(cnc3n1COP(=O)(O)O)cnn4C)cn2C.COc1ccc2c(c1)c(-c1cc3c4c(cnc3n1COP(=O)(OC(C)(C)C)OC(C)(C)C)cnn4C)cn2C. The van der Waals surface area contributed by atoms with Crippen molar-refractivity contribution in [1.29, 1.82) is 0 Å². The molecular formula is C48H56N10O10P2. The van der Waals surface area contributed by atoms with Crippen molar-refractivity contribution in [1.82, 2.24) is 47.8 Å². The summed E-state index contributed by atoms with van der Waals surface area (Å²) in [7, 11) is 2.27. The average Bonchev–Trinajstić information content (AvgIpc) is 4.14. The number of hydrogen-bond donors (Lipinski definition) is 2. The molecule has 22 heteroatoms. The van der Waals surface area contributed by atoms with Crippen molar-refractivity contribution in [2.45, 2.75) is 66.2 Å². The number of pyridine rings is 2. The zero-order valence-electron chi connectivity index (χ0n) is 41.0. The first-order valence-corrected chi connectivity index (χ1v) is 25.2. The van der Waals surface area contributed by atoms with Crippen LogP contribution in [0.15, 0.2) is 85.7 Å². The lowest BCUT2D eigenvalue weighted by atomic mass is 10.1. The van der Waals surface area contributed by atoms with Crippen molar-refractivity contribution in [3.05, 3.63) is 85.7 Å². The molecule has 0 radical (unpaired) electrons. The molecular weight excluding hydrogens is 939 g/mol. The predicted molar refractivity (Wildman–Crippen MR) is 268 cm³/mol. The van der Waals surface area contributed by atoms with Crippen LogP contribution >= 0.6 is 15.6 Å². The Labute approximate surface area is 402 Å². The second-order valence-electron chi connectivity index (χ2n) is 19.0. The van der Waals surface area contributed by atoms with Gasteiger partial charge in [0.05, 0.1) is 60.2 Å². The largest absolute Gasteiger partial charge is 0.497 e. The molecule has 0 amide bonds. The Balaban J connectivity index is 0.000000178. The van der Waals surface area contributed by atoms with Gasteiger partial charge in [-0.1, -0.05) is 0 Å². The summed E-state index contributed by atoms with van der Waals surface area (Å²) in [6, 6.07) is 15.8. The van der Waals surface area contributed by atoms with Gasteiger partial charge < -0.3 is 37.5 Å². The minimum atomic E-state index is -4.69. The molecule has 20 nitrogen and oxygen atoms in total. The van der Waals surface area contributed by atoms with E-state index < -0.39 is 26.8 Å². The van der Waals surface area contributed by atoms with E-state index in [2.05, 4.69) is 32.0 Å². The standard InChI is InChI=1S/C28H36N5O5P.C20H20N5O5P/c1-27(2,3)37-39(34,38-28(4,5)6)36-17-33-24(13-21-25-18(14-29-26(21)33)15-30-32(25)8)22-16-31(7)23-11-10-19(35-9)12-20(22)23;1-23-10-16(14-6-13(29-3)4-5-17(14)23)18-7-15-19-12(9-22-24(19)2)8-21-20(15)25(18)11-30-31(26,27)28/h10-16H,17H2,1-9H3;4-10H,11H2,1-3H3,(H2,26,27,28). The van der Waals surface area contributed by atoms with Gasteiger partial charge in [0, 0.05) is 107 Å². The minimum absolute atomic E-state index is 0.112. The van der Waals surface area contributed by atoms with Gasteiger partial charge in [-0.15, -0.1) is 0 Å². The molecule has 10 rings (SSSR count). The highest BCUT2D eigenvalue weighted by molar-refractivity contribution is 7.48. The third-order valence-electron chi connectivity index (χ3n) is 11.6. The van der Waals surface area contributed by atoms with Crippen LogP contribution in [0.2, 0.25) is 0 Å². The van der Waals surface area contributed by atoms with Crippen LogP contribution in [0.25, 0.3) is 88.2 Å². The normalized spacial score (nSPS) is 12.9. The zero-order chi connectivity index (χ0) is 50.2. The maximum absolute atomic E-state index is 13.9. The summed E-state index contributed by atoms with van der Waals surface area (Å²) in [5.74, 6) is 1.46. The highest BCUT2D eigenvalue weighted by Crippen LogP contribution is 2.56. The van der Waals surface area contributed by atoms with Gasteiger partial charge in [-0.3, -0.25) is 27.5 Å². The Morgan fingerprint density at radius 2 is 0.986 bits per heavy atom. The van der Waals surface area contributed by atoms with Crippen molar-refractivity contribution in [2.24, 2.45) is 28.2 Å². The van der Waals surface area contributed by atoms with E-state index >= 15 is 0 Å². The summed E-state index contributed by atoms with van der Waals surface area (Å²) in [5.41, 5.74) is 6.90. The van der Waals surface area contributed by atoms with Crippen LogP contribution in [0.1, 0.15) is 41.5 Å². The number of aromatic nitrogens is 10. The van der Waals surface area contributed by atoms with Gasteiger partial charge in [0.1, 0.15) is 36.3 Å². The first-order chi connectivity index (χ1) is 32.9. The minimum Gasteiger partial charge on any atom is -0.497 e. The summed E-state index contributed by atoms with van der Waals surface area (Å²) in [5, 5.41) is 14.2. The van der Waals surface area contributed by atoms with Gasteiger partial charge >= 0.3 is 15.6 Å². The van der Waals surface area contributed by atoms with Crippen LogP contribution in [-0.4, -0.2) is 83.0 Å². The van der Waals surface area contributed by atoms with Gasteiger partial charge in [-0.2, -0.15) is 10.2 Å². The van der Waals surface area contributed by atoms with Gasteiger partial charge in [0.2, 0.25) is 0 Å². The van der Waals surface area contributed by atoms with Crippen molar-refractivity contribution >= 4 is 81.3 Å². The number of phosphoric acid groups is 2. The Morgan fingerprint density at radius 1 is 0.571 bits per heavy atom. The fourth-order valence-corrected chi connectivity index (χ4v) is 10.8. The average molecular weight is 995 g/mol. The van der Waals surface area contributed by atoms with Crippen LogP contribution < -0.4 is 9.47 Å². The quantitative estimate of drug-likeness (QED) is 0.109. The second kappa shape index (κ2) is 17.8. The zero-order valence-corrected chi connectivity index (χ0v) is 42.8. The molecule has 0 aliphatic rings. The molecule has 0 atom stereocenters. The Morgan fingerprint density at radius 3 is 1.37 bits per heavy atom. The second-order valence-corrected chi connectivity index (χ2v) is 21.7. The number of benzene rings is 2. The molecule has 0 saturated carbocycles. The van der Waals surface area contributed by atoms with E-state index in [-0.39, 0.29) is 13.5 Å². The van der Waals surface area contributed by atoms with Crippen molar-refractivity contribution in [3.8, 4) is 34.0 Å². The molecule has 2 N–H and O–H groups in total. The van der Waals surface area contributed by atoms with Crippen LogP contribution in [0.4, 0.5) is 0 Å². The summed E-state index contributed by atoms with van der Waals surface area (Å²) < 4.78 is 70.2. The summed E-state index contributed by atoms with van der Waals surface area (Å²) in [4.78, 5) is 27.9. The smallest absolute Gasteiger partial charge is 0.477 e. The van der Waals surface area contributed by atoms with E-state index in [0.717, 1.165) is 77.0 Å². The van der Waals surface area contributed by atoms with Crippen molar-refractivity contribution in [2.75, 3.05) is 14.2 Å². The summed E-state index contributed by atoms with van der Waals surface area (Å²) in [6.07, 6.45) is 11.0. The van der Waals surface area contributed by atoms with Crippen LogP contribution in [0, 0.1) is 0 Å². The fraction of sp³-hybridized carbons (Fsp3) is 0.333. The molecule has 10 aromatic rings. The molecule has 0 spiro atoms. The van der Waals surface area contributed by atoms with E-state index in [9.17, 15) is 18.9 Å². The number of hydrogen-bond acceptors (Lipinski definition) is 12. The third kappa shape index (κ3) is 9.36. The highest BCUT2D eigenvalue weighted by atomic mass is 31.2. The number of nitrogens with zero attached hydrogens (tertiary/aromatic N) is 10. The van der Waals surface area contributed by atoms with Gasteiger partial charge in [0.25, 0.3) is 0 Å². The number of phosphoric ester groups is 2. The number of methoxy groups -OCH3 is 2. The number of aryl methyl sites for hydroxylation is 4. The molecule has 368 valence electrons. The number of fused-ring (bicyclic) bond motifs is 8. The van der Waals surface area contributed by atoms with Gasteiger partial charge in [-0.05, 0) is 90.1 Å². The third-order valence-corrected chi connectivity index (χ3v) is 14.1. The van der Waals surface area contributed by atoms with Crippen molar-refractivity contribution in [3.63, 3.8) is 0 Å². The molecule has 0 fully saturated rings. The Hall–Kier alpha value is -6.34. The monoisotopic (exact) mass is 994 g/mol. The molecule has 0 bridgehead atoms. The lowest BCUT2D eigenvalue weighted by Gasteiger charge is -2.31. The summed E-state index contributed by atoms with van der Waals surface area (Å²) in [6.45, 7) is 10.4. The highest BCUT2D eigenvalue weighted by Gasteiger charge is 2.38. The Kier molecular flexibility index (Phi) is 12.4. The maximum atomic E-state index is 13.9. The molecule has 70 heavy (non-hydrogen) atoms. The molecule has 0 unspecified atom stereocenters. The Bertz CT molecular complexity index is 3710. The van der Waals surface area contributed by atoms with E-state index in [0.29, 0.717) is 22.7 Å². The topological polar surface area (TPSA) is 211 Å². The molecule has 8 heterocycles. The van der Waals surface area contributed by atoms with Gasteiger partial charge in [-0.25, -0.2) is 19.1 Å². The van der Waals surface area contributed by atoms with Crippen molar-refractivity contribution < 1.29 is 46.5 Å². The van der Waals surface area contributed by atoms with E-state index in [1.165, 1.54) is 0 Å². The molecule has 0 saturated heterocycles. The van der Waals surface area contributed by atoms with Crippen LogP contribution in [0.3, 0.4) is 0 Å². The lowest BCUT2D eigenvalue weighted by molar-refractivity contribution is -0.00551. The predicted octanol–water partition coefficient (Wildman–Crippen LogP) is 9.96. The van der Waals surface area contributed by atoms with Crippen LogP contribution in [0.5, 0.6) is 11.5 Å². The van der Waals surface area contributed by atoms with E-state index in [1.807, 2.05) is 132 Å². The maximum Gasteiger partial charge on any atom is 0.477 e. The first-order valence-electron chi connectivity index (χ1n) is 22.2. The fourth-order valence-electron chi connectivity index (χ4n) is 8.84. The molecule has 2 aromatic carbocycles. The number of ether oxygens (including phenoxy) is 2. The van der Waals surface area contributed by atoms with Gasteiger partial charge in [0.15, 0.2) is 0 Å². The molecule has 8 aromatic heterocycles. The van der Waals surface area contributed by atoms with E-state index in [4.69, 9.17) is 32.6 Å². The summed E-state index contributed by atoms with van der Waals surface area (Å²) >= 11 is 0. The molecule has 0 aliphatic heterocycles. The number of rotatable bonds is 12. The van der Waals surface area contributed by atoms with E-state index in [1.54, 1.807) is 48.3 Å². The molecule has 0 aliphatic carbocycles. The van der Waals surface area contributed by atoms with Crippen LogP contribution in [-0.2, 0) is 68.9 Å². The first kappa shape index (κ1) is 48.7. The lowest BCUT2D eigenvalue weighted by Crippen LogP contribution is -2.25.